The molecular weight excluding hydrogens is 452 g/mol. The van der Waals surface area contributed by atoms with Gasteiger partial charge in [0.25, 0.3) is 0 Å². The molecule has 0 aromatic rings. The number of carbonyl (C=O) groups excluding carboxylic acids is 5. The van der Waals surface area contributed by atoms with Crippen molar-refractivity contribution in [1.82, 2.24) is 0 Å². The zero-order valence-electron chi connectivity index (χ0n) is 18.6. The summed E-state index contributed by atoms with van der Waals surface area (Å²) in [5.41, 5.74) is 0. The van der Waals surface area contributed by atoms with Gasteiger partial charge in [-0.25, -0.2) is 4.79 Å². The SMILES string of the molecule is CC(=O)OCC1O[C@H](O[C@H](COC(C)=O)C(=O)O)C(OC(C)=O)[C@@H](OC(C)=O)[C@@H]1OC(C)=O. The highest BCUT2D eigenvalue weighted by Crippen LogP contribution is 2.30. The van der Waals surface area contributed by atoms with Crippen molar-refractivity contribution in [2.24, 2.45) is 0 Å². The van der Waals surface area contributed by atoms with Crippen LogP contribution in [0.3, 0.4) is 0 Å². The maximum Gasteiger partial charge on any atom is 0.336 e. The maximum atomic E-state index is 11.7. The minimum absolute atomic E-state index is 0.515. The number of hydrogen-bond acceptors (Lipinski definition) is 13. The van der Waals surface area contributed by atoms with E-state index in [0.717, 1.165) is 34.6 Å². The molecule has 1 fully saturated rings. The number of esters is 5. The van der Waals surface area contributed by atoms with E-state index in [-0.39, 0.29) is 0 Å². The first-order chi connectivity index (χ1) is 15.3. The maximum absolute atomic E-state index is 11.7. The van der Waals surface area contributed by atoms with Gasteiger partial charge < -0.3 is 38.3 Å². The minimum Gasteiger partial charge on any atom is -0.479 e. The average molecular weight is 478 g/mol. The van der Waals surface area contributed by atoms with Gasteiger partial charge in [0.05, 0.1) is 0 Å². The Hall–Kier alpha value is -3.26. The number of rotatable bonds is 10. The fourth-order valence-corrected chi connectivity index (χ4v) is 2.82. The molecule has 0 bridgehead atoms. The molecule has 1 aliphatic rings. The molecule has 0 aromatic carbocycles. The van der Waals surface area contributed by atoms with E-state index < -0.39 is 85.8 Å². The molecule has 6 atom stereocenters. The highest BCUT2D eigenvalue weighted by atomic mass is 16.7. The van der Waals surface area contributed by atoms with Crippen molar-refractivity contribution >= 4 is 35.8 Å². The molecule has 1 aliphatic heterocycles. The van der Waals surface area contributed by atoms with E-state index in [1.807, 2.05) is 0 Å². The fourth-order valence-electron chi connectivity index (χ4n) is 2.82. The van der Waals surface area contributed by atoms with Crippen molar-refractivity contribution < 1.29 is 67.0 Å². The second kappa shape index (κ2) is 12.7. The second-order valence-electron chi connectivity index (χ2n) is 6.83. The van der Waals surface area contributed by atoms with E-state index in [4.69, 9.17) is 28.4 Å². The highest BCUT2D eigenvalue weighted by Gasteiger charge is 2.53. The Morgan fingerprint density at radius 3 is 1.67 bits per heavy atom. The van der Waals surface area contributed by atoms with Crippen LogP contribution in [0.1, 0.15) is 34.6 Å². The van der Waals surface area contributed by atoms with E-state index >= 15 is 0 Å². The van der Waals surface area contributed by atoms with Gasteiger partial charge in [0.2, 0.25) is 0 Å². The standard InChI is InChI=1S/C19H26O14/c1-8(20)27-6-13-15(29-10(3)22)16(30-11(4)23)17(31-12(5)24)19(32-13)33-14(18(25)26)7-28-9(2)21/h13-17,19H,6-7H2,1-5H3,(H,25,26)/t13?,14-,15-,16+,17?,19-/m1/s1. The van der Waals surface area contributed by atoms with E-state index in [1.165, 1.54) is 0 Å². The summed E-state index contributed by atoms with van der Waals surface area (Å²) in [6.07, 6.45) is -9.38. The summed E-state index contributed by atoms with van der Waals surface area (Å²) in [4.78, 5) is 69.0. The lowest BCUT2D eigenvalue weighted by molar-refractivity contribution is -0.317. The summed E-state index contributed by atoms with van der Waals surface area (Å²) < 4.78 is 36.1. The summed E-state index contributed by atoms with van der Waals surface area (Å²) in [7, 11) is 0. The number of hydrogen-bond donors (Lipinski definition) is 1. The molecular formula is C19H26O14. The Labute approximate surface area is 188 Å². The quantitative estimate of drug-likeness (QED) is 0.300. The summed E-state index contributed by atoms with van der Waals surface area (Å²) in [6.45, 7) is 4.01. The zero-order valence-corrected chi connectivity index (χ0v) is 18.6. The number of carboxylic acids is 1. The molecule has 0 saturated carbocycles. The Morgan fingerprint density at radius 1 is 0.727 bits per heavy atom. The van der Waals surface area contributed by atoms with Gasteiger partial charge in [0, 0.05) is 34.6 Å². The molecule has 0 aromatic heterocycles. The molecule has 1 N–H and O–H groups in total. The summed E-state index contributed by atoms with van der Waals surface area (Å²) in [6, 6.07) is 0. The topological polar surface area (TPSA) is 187 Å². The van der Waals surface area contributed by atoms with Crippen molar-refractivity contribution in [2.75, 3.05) is 13.2 Å². The molecule has 14 heteroatoms. The van der Waals surface area contributed by atoms with Gasteiger partial charge in [-0.15, -0.1) is 0 Å². The number of carbonyl (C=O) groups is 6. The van der Waals surface area contributed by atoms with Gasteiger partial charge in [-0.1, -0.05) is 0 Å². The molecule has 14 nitrogen and oxygen atoms in total. The summed E-state index contributed by atoms with van der Waals surface area (Å²) >= 11 is 0. The van der Waals surface area contributed by atoms with Gasteiger partial charge in [0.15, 0.2) is 30.7 Å². The fraction of sp³-hybridized carbons (Fsp3) is 0.684. The molecule has 186 valence electrons. The predicted octanol–water partition coefficient (Wildman–Crippen LogP) is -0.898. The first-order valence-electron chi connectivity index (χ1n) is 9.63. The third-order valence-electron chi connectivity index (χ3n) is 3.96. The number of aliphatic carboxylic acids is 1. The van der Waals surface area contributed by atoms with Crippen molar-refractivity contribution in [2.45, 2.75) is 71.4 Å². The van der Waals surface area contributed by atoms with Crippen LogP contribution >= 0.6 is 0 Å². The van der Waals surface area contributed by atoms with Crippen LogP contribution in [0, 0.1) is 0 Å². The average Bonchev–Trinajstić information content (AvgIpc) is 2.66. The monoisotopic (exact) mass is 478 g/mol. The second-order valence-corrected chi connectivity index (χ2v) is 6.83. The largest absolute Gasteiger partial charge is 0.479 e. The molecule has 1 heterocycles. The van der Waals surface area contributed by atoms with Crippen molar-refractivity contribution in [1.29, 1.82) is 0 Å². The van der Waals surface area contributed by atoms with E-state index in [1.54, 1.807) is 0 Å². The predicted molar refractivity (Wildman–Crippen MR) is 101 cm³/mol. The first-order valence-corrected chi connectivity index (χ1v) is 9.63. The van der Waals surface area contributed by atoms with Crippen LogP contribution in [0.15, 0.2) is 0 Å². The van der Waals surface area contributed by atoms with Crippen LogP contribution in [-0.2, 0) is 61.9 Å². The van der Waals surface area contributed by atoms with E-state index in [0.29, 0.717) is 0 Å². The van der Waals surface area contributed by atoms with Crippen LogP contribution in [0.25, 0.3) is 0 Å². The van der Waals surface area contributed by atoms with Gasteiger partial charge in [0.1, 0.15) is 19.3 Å². The van der Waals surface area contributed by atoms with Crippen LogP contribution in [0.2, 0.25) is 0 Å². The van der Waals surface area contributed by atoms with Gasteiger partial charge in [-0.3, -0.25) is 24.0 Å². The van der Waals surface area contributed by atoms with E-state index in [2.05, 4.69) is 4.74 Å². The third kappa shape index (κ3) is 9.41. The lowest BCUT2D eigenvalue weighted by Gasteiger charge is -2.44. The Bertz CT molecular complexity index is 762. The number of ether oxygens (including phenoxy) is 7. The molecule has 2 unspecified atom stereocenters. The van der Waals surface area contributed by atoms with Crippen LogP contribution in [0.5, 0.6) is 0 Å². The molecule has 1 saturated heterocycles. The normalized spacial score (nSPS) is 25.2. The molecule has 0 spiro atoms. The molecule has 0 amide bonds. The van der Waals surface area contributed by atoms with Crippen molar-refractivity contribution in [3.05, 3.63) is 0 Å². The zero-order chi connectivity index (χ0) is 25.3. The summed E-state index contributed by atoms with van der Waals surface area (Å²) in [5, 5.41) is 9.41. The Morgan fingerprint density at radius 2 is 1.21 bits per heavy atom. The highest BCUT2D eigenvalue weighted by molar-refractivity contribution is 5.73. The molecule has 0 aliphatic carbocycles. The minimum atomic E-state index is -1.78. The smallest absolute Gasteiger partial charge is 0.336 e. The van der Waals surface area contributed by atoms with E-state index in [9.17, 15) is 33.9 Å². The Balaban J connectivity index is 3.38. The number of carboxylic acid groups (broad SMARTS) is 1. The van der Waals surface area contributed by atoms with Crippen LogP contribution in [-0.4, -0.2) is 90.9 Å². The van der Waals surface area contributed by atoms with Crippen LogP contribution in [0.4, 0.5) is 0 Å². The lowest BCUT2D eigenvalue weighted by Crippen LogP contribution is -2.63. The molecule has 0 radical (unpaired) electrons. The van der Waals surface area contributed by atoms with Crippen LogP contribution < -0.4 is 0 Å². The van der Waals surface area contributed by atoms with Gasteiger partial charge in [-0.2, -0.15) is 0 Å². The Kier molecular flexibility index (Phi) is 10.7. The van der Waals surface area contributed by atoms with Crippen molar-refractivity contribution in [3.63, 3.8) is 0 Å². The lowest BCUT2D eigenvalue weighted by atomic mass is 9.98. The molecule has 1 rings (SSSR count). The van der Waals surface area contributed by atoms with Gasteiger partial charge >= 0.3 is 35.8 Å². The van der Waals surface area contributed by atoms with Gasteiger partial charge in [-0.05, 0) is 0 Å². The molecule has 33 heavy (non-hydrogen) atoms. The third-order valence-corrected chi connectivity index (χ3v) is 3.96. The van der Waals surface area contributed by atoms with Crippen molar-refractivity contribution in [3.8, 4) is 0 Å². The first kappa shape index (κ1) is 27.8. The summed E-state index contributed by atoms with van der Waals surface area (Å²) in [5.74, 6) is -5.64.